The van der Waals surface area contributed by atoms with Crippen LogP contribution < -0.4 is 4.74 Å². The summed E-state index contributed by atoms with van der Waals surface area (Å²) < 4.78 is 11.7. The average Bonchev–Trinajstić information content (AvgIpc) is 2.88. The van der Waals surface area contributed by atoms with Gasteiger partial charge in [-0.3, -0.25) is 9.69 Å². The summed E-state index contributed by atoms with van der Waals surface area (Å²) in [5, 5.41) is 0. The Morgan fingerprint density at radius 2 is 2.24 bits per heavy atom. The van der Waals surface area contributed by atoms with Gasteiger partial charge in [-0.2, -0.15) is 0 Å². The molecule has 1 aliphatic heterocycles. The van der Waals surface area contributed by atoms with Crippen LogP contribution >= 0.6 is 0 Å². The Hall–Kier alpha value is -1.39. The molecular formula is C17H23NO3. The summed E-state index contributed by atoms with van der Waals surface area (Å²) in [4.78, 5) is 14.4. The molecule has 1 atom stereocenters. The number of carbonyl (C=O) groups excluding carboxylic acids is 1. The van der Waals surface area contributed by atoms with Crippen molar-refractivity contribution in [1.29, 1.82) is 0 Å². The molecule has 114 valence electrons. The monoisotopic (exact) mass is 289 g/mol. The molecule has 4 nitrogen and oxygen atoms in total. The van der Waals surface area contributed by atoms with E-state index in [1.165, 1.54) is 0 Å². The van der Waals surface area contributed by atoms with Gasteiger partial charge in [0.15, 0.2) is 5.78 Å². The highest BCUT2D eigenvalue weighted by Crippen LogP contribution is 2.30. The second-order valence-electron chi connectivity index (χ2n) is 6.11. The van der Waals surface area contributed by atoms with Crippen LogP contribution in [-0.4, -0.2) is 49.1 Å². The molecule has 1 unspecified atom stereocenters. The van der Waals surface area contributed by atoms with Crippen molar-refractivity contribution in [2.75, 3.05) is 26.3 Å². The summed E-state index contributed by atoms with van der Waals surface area (Å²) >= 11 is 0. The van der Waals surface area contributed by atoms with Crippen molar-refractivity contribution in [1.82, 2.24) is 4.90 Å². The number of hydrogen-bond acceptors (Lipinski definition) is 4. The van der Waals surface area contributed by atoms with Crippen LogP contribution in [0.15, 0.2) is 18.2 Å². The first-order chi connectivity index (χ1) is 10.1. The van der Waals surface area contributed by atoms with E-state index in [-0.39, 0.29) is 11.9 Å². The van der Waals surface area contributed by atoms with Gasteiger partial charge < -0.3 is 9.47 Å². The highest BCUT2D eigenvalue weighted by Gasteiger charge is 2.26. The smallest absolute Gasteiger partial charge is 0.167 e. The van der Waals surface area contributed by atoms with Crippen LogP contribution in [0.4, 0.5) is 0 Å². The summed E-state index contributed by atoms with van der Waals surface area (Å²) in [7, 11) is 0. The third-order valence-electron chi connectivity index (χ3n) is 4.34. The maximum Gasteiger partial charge on any atom is 0.167 e. The summed E-state index contributed by atoms with van der Waals surface area (Å²) in [5.41, 5.74) is 1.90. The summed E-state index contributed by atoms with van der Waals surface area (Å²) in [6.45, 7) is 7.52. The van der Waals surface area contributed by atoms with Gasteiger partial charge in [0, 0.05) is 25.6 Å². The summed E-state index contributed by atoms with van der Waals surface area (Å²) in [6.07, 6.45) is 1.52. The molecule has 3 rings (SSSR count). The number of fused-ring (bicyclic) bond motifs is 1. The third-order valence-corrected chi connectivity index (χ3v) is 4.34. The predicted octanol–water partition coefficient (Wildman–Crippen LogP) is 2.30. The molecule has 1 aliphatic carbocycles. The van der Waals surface area contributed by atoms with E-state index in [0.717, 1.165) is 43.0 Å². The molecule has 1 heterocycles. The van der Waals surface area contributed by atoms with Crippen LogP contribution in [0.5, 0.6) is 5.75 Å². The molecule has 0 spiro atoms. The van der Waals surface area contributed by atoms with Gasteiger partial charge in [-0.1, -0.05) is 12.1 Å². The molecule has 21 heavy (non-hydrogen) atoms. The van der Waals surface area contributed by atoms with Crippen molar-refractivity contribution < 1.29 is 14.3 Å². The minimum atomic E-state index is 0.0773. The maximum atomic E-state index is 12.0. The largest absolute Gasteiger partial charge is 0.490 e. The molecule has 1 aromatic rings. The van der Waals surface area contributed by atoms with Crippen LogP contribution in [0.2, 0.25) is 0 Å². The van der Waals surface area contributed by atoms with Crippen molar-refractivity contribution in [2.24, 2.45) is 0 Å². The number of ether oxygens (including phenoxy) is 2. The number of morpholine rings is 1. The van der Waals surface area contributed by atoms with Gasteiger partial charge in [-0.05, 0) is 31.9 Å². The Kier molecular flexibility index (Phi) is 4.27. The maximum absolute atomic E-state index is 12.0. The Labute approximate surface area is 126 Å². The van der Waals surface area contributed by atoms with E-state index in [1.54, 1.807) is 0 Å². The highest BCUT2D eigenvalue weighted by molar-refractivity contribution is 6.02. The number of benzene rings is 1. The fourth-order valence-electron chi connectivity index (χ4n) is 3.09. The first kappa shape index (κ1) is 14.5. The number of ketones is 1. The topological polar surface area (TPSA) is 38.8 Å². The van der Waals surface area contributed by atoms with Crippen molar-refractivity contribution in [3.05, 3.63) is 29.3 Å². The van der Waals surface area contributed by atoms with E-state index in [2.05, 4.69) is 18.7 Å². The van der Waals surface area contributed by atoms with Gasteiger partial charge in [0.25, 0.3) is 0 Å². The molecular weight excluding hydrogens is 266 g/mol. The molecule has 0 radical (unpaired) electrons. The zero-order chi connectivity index (χ0) is 14.8. The SMILES string of the molecule is CC(C)N1CCOC(COc2cccc3c2C(=O)CC3)C1. The predicted molar refractivity (Wildman–Crippen MR) is 81.0 cm³/mol. The van der Waals surface area contributed by atoms with E-state index in [9.17, 15) is 4.79 Å². The zero-order valence-electron chi connectivity index (χ0n) is 12.8. The van der Waals surface area contributed by atoms with E-state index in [0.29, 0.717) is 19.1 Å². The fraction of sp³-hybridized carbons (Fsp3) is 0.588. The van der Waals surface area contributed by atoms with Gasteiger partial charge >= 0.3 is 0 Å². The average molecular weight is 289 g/mol. The van der Waals surface area contributed by atoms with E-state index < -0.39 is 0 Å². The van der Waals surface area contributed by atoms with Gasteiger partial charge in [-0.25, -0.2) is 0 Å². The molecule has 0 bridgehead atoms. The summed E-state index contributed by atoms with van der Waals surface area (Å²) in [5.74, 6) is 0.925. The van der Waals surface area contributed by atoms with Gasteiger partial charge in [0.2, 0.25) is 0 Å². The molecule has 0 aromatic heterocycles. The number of Topliss-reactive ketones (excluding diaryl/α,β-unsaturated/α-hetero) is 1. The number of rotatable bonds is 4. The minimum Gasteiger partial charge on any atom is -0.490 e. The van der Waals surface area contributed by atoms with Crippen molar-refractivity contribution >= 4 is 5.78 Å². The van der Waals surface area contributed by atoms with Gasteiger partial charge in [-0.15, -0.1) is 0 Å². The quantitative estimate of drug-likeness (QED) is 0.852. The van der Waals surface area contributed by atoms with Crippen molar-refractivity contribution in [3.8, 4) is 5.75 Å². The Morgan fingerprint density at radius 1 is 1.38 bits per heavy atom. The normalized spacial score (nSPS) is 22.6. The number of aryl methyl sites for hydroxylation is 1. The minimum absolute atomic E-state index is 0.0773. The Bertz CT molecular complexity index is 527. The second-order valence-corrected chi connectivity index (χ2v) is 6.11. The number of hydrogen-bond donors (Lipinski definition) is 0. The first-order valence-corrected chi connectivity index (χ1v) is 7.78. The van der Waals surface area contributed by atoms with Gasteiger partial charge in [0.1, 0.15) is 18.5 Å². The zero-order valence-corrected chi connectivity index (χ0v) is 12.8. The molecule has 4 heteroatoms. The highest BCUT2D eigenvalue weighted by atomic mass is 16.5. The van der Waals surface area contributed by atoms with Crippen LogP contribution in [0.1, 0.15) is 36.2 Å². The number of nitrogens with zero attached hydrogens (tertiary/aromatic N) is 1. The lowest BCUT2D eigenvalue weighted by Crippen LogP contribution is -2.47. The molecule has 1 fully saturated rings. The van der Waals surface area contributed by atoms with Crippen molar-refractivity contribution in [3.63, 3.8) is 0 Å². The lowest BCUT2D eigenvalue weighted by atomic mass is 10.1. The van der Waals surface area contributed by atoms with Gasteiger partial charge in [0.05, 0.1) is 12.2 Å². The molecule has 1 aromatic carbocycles. The van der Waals surface area contributed by atoms with Crippen LogP contribution in [0, 0.1) is 0 Å². The summed E-state index contributed by atoms with van der Waals surface area (Å²) in [6, 6.07) is 6.41. The standard InChI is InChI=1S/C17H23NO3/c1-12(2)18-8-9-20-14(10-18)11-21-16-5-3-4-13-6-7-15(19)17(13)16/h3-5,12,14H,6-11H2,1-2H3. The fourth-order valence-corrected chi connectivity index (χ4v) is 3.09. The molecule has 0 amide bonds. The van der Waals surface area contributed by atoms with Crippen LogP contribution in [0.3, 0.4) is 0 Å². The molecule has 1 saturated heterocycles. The first-order valence-electron chi connectivity index (χ1n) is 7.78. The molecule has 0 N–H and O–H groups in total. The van der Waals surface area contributed by atoms with E-state index >= 15 is 0 Å². The van der Waals surface area contributed by atoms with Crippen LogP contribution in [-0.2, 0) is 11.2 Å². The van der Waals surface area contributed by atoms with Crippen molar-refractivity contribution in [2.45, 2.75) is 38.8 Å². The Balaban J connectivity index is 1.63. The second kappa shape index (κ2) is 6.16. The third kappa shape index (κ3) is 3.11. The van der Waals surface area contributed by atoms with E-state index in [4.69, 9.17) is 9.47 Å². The number of carbonyl (C=O) groups is 1. The molecule has 2 aliphatic rings. The van der Waals surface area contributed by atoms with E-state index in [1.807, 2.05) is 18.2 Å². The lowest BCUT2D eigenvalue weighted by molar-refractivity contribution is -0.0565. The Morgan fingerprint density at radius 3 is 3.05 bits per heavy atom. The molecule has 0 saturated carbocycles. The van der Waals surface area contributed by atoms with Crippen LogP contribution in [0.25, 0.3) is 0 Å². The lowest BCUT2D eigenvalue weighted by Gasteiger charge is -2.35.